The van der Waals surface area contributed by atoms with Crippen molar-refractivity contribution in [2.75, 3.05) is 0 Å². The Morgan fingerprint density at radius 1 is 1.03 bits per heavy atom. The van der Waals surface area contributed by atoms with Crippen LogP contribution in [0, 0.1) is 23.0 Å². The van der Waals surface area contributed by atoms with Gasteiger partial charge in [0.25, 0.3) is 0 Å². The highest BCUT2D eigenvalue weighted by Crippen LogP contribution is 2.37. The molecule has 0 aromatic heterocycles. The molecule has 148 valence electrons. The fourth-order valence-electron chi connectivity index (χ4n) is 4.54. The van der Waals surface area contributed by atoms with Gasteiger partial charge in [-0.15, -0.1) is 0 Å². The minimum absolute atomic E-state index is 0.0310. The SMILES string of the molecule is CCCCCc1ccc2c(F)c(C3CCc4cc(C#N)c(F)cc4C3)ccc2c1. The Hall–Kier alpha value is -2.73. The number of hydrogen-bond acceptors (Lipinski definition) is 1. The molecule has 1 unspecified atom stereocenters. The average molecular weight is 389 g/mol. The summed E-state index contributed by atoms with van der Waals surface area (Å²) in [5.74, 6) is -0.602. The Bertz CT molecular complexity index is 1090. The van der Waals surface area contributed by atoms with Crippen LogP contribution in [0.2, 0.25) is 0 Å². The van der Waals surface area contributed by atoms with E-state index in [2.05, 4.69) is 13.0 Å². The van der Waals surface area contributed by atoms with Gasteiger partial charge in [0.2, 0.25) is 0 Å². The van der Waals surface area contributed by atoms with E-state index in [-0.39, 0.29) is 17.3 Å². The number of nitrogens with zero attached hydrogens (tertiary/aromatic N) is 1. The van der Waals surface area contributed by atoms with E-state index in [0.717, 1.165) is 42.2 Å². The van der Waals surface area contributed by atoms with Crippen LogP contribution >= 0.6 is 0 Å². The third-order valence-electron chi connectivity index (χ3n) is 6.20. The smallest absolute Gasteiger partial charge is 0.141 e. The summed E-state index contributed by atoms with van der Waals surface area (Å²) < 4.78 is 29.4. The topological polar surface area (TPSA) is 23.8 Å². The standard InChI is InChI=1S/C26H25F2N/c1-2-3-4-5-17-6-10-23-19(12-17)9-11-24(26(23)28)20-8-7-18-13-22(16-29)25(27)15-21(18)14-20/h6,9-13,15,20H,2-5,7-8,14H2,1H3. The van der Waals surface area contributed by atoms with Crippen LogP contribution in [0.15, 0.2) is 42.5 Å². The Balaban J connectivity index is 1.61. The van der Waals surface area contributed by atoms with Crippen molar-refractivity contribution in [2.45, 2.75) is 57.8 Å². The molecule has 3 aromatic rings. The molecule has 0 N–H and O–H groups in total. The fourth-order valence-corrected chi connectivity index (χ4v) is 4.54. The van der Waals surface area contributed by atoms with Gasteiger partial charge in [-0.2, -0.15) is 5.26 Å². The summed E-state index contributed by atoms with van der Waals surface area (Å²) in [6.45, 7) is 2.19. The van der Waals surface area contributed by atoms with Gasteiger partial charge in [0.15, 0.2) is 0 Å². The summed E-state index contributed by atoms with van der Waals surface area (Å²) in [6, 6.07) is 15.0. The van der Waals surface area contributed by atoms with Crippen molar-refractivity contribution in [3.63, 3.8) is 0 Å². The lowest BCUT2D eigenvalue weighted by molar-refractivity contribution is 0.535. The summed E-state index contributed by atoms with van der Waals surface area (Å²) in [6.07, 6.45) is 6.75. The quantitative estimate of drug-likeness (QED) is 0.431. The molecule has 0 saturated carbocycles. The van der Waals surface area contributed by atoms with Gasteiger partial charge in [-0.3, -0.25) is 0 Å². The Labute approximate surface area is 171 Å². The number of fused-ring (bicyclic) bond motifs is 2. The second-order valence-electron chi connectivity index (χ2n) is 8.13. The zero-order valence-corrected chi connectivity index (χ0v) is 16.8. The van der Waals surface area contributed by atoms with Crippen molar-refractivity contribution >= 4 is 10.8 Å². The predicted octanol–water partition coefficient (Wildman–Crippen LogP) is 6.99. The van der Waals surface area contributed by atoms with Gasteiger partial charge >= 0.3 is 0 Å². The summed E-state index contributed by atoms with van der Waals surface area (Å²) in [5.41, 5.74) is 3.97. The number of benzene rings is 3. The minimum Gasteiger partial charge on any atom is -0.206 e. The van der Waals surface area contributed by atoms with Gasteiger partial charge in [0, 0.05) is 5.39 Å². The lowest BCUT2D eigenvalue weighted by atomic mass is 9.79. The molecule has 0 amide bonds. The van der Waals surface area contributed by atoms with Crippen LogP contribution in [0.3, 0.4) is 0 Å². The van der Waals surface area contributed by atoms with E-state index in [9.17, 15) is 4.39 Å². The molecular formula is C26H25F2N. The largest absolute Gasteiger partial charge is 0.206 e. The monoisotopic (exact) mass is 389 g/mol. The predicted molar refractivity (Wildman–Crippen MR) is 113 cm³/mol. The lowest BCUT2D eigenvalue weighted by Crippen LogP contribution is -2.15. The molecule has 0 spiro atoms. The van der Waals surface area contributed by atoms with Crippen molar-refractivity contribution in [2.24, 2.45) is 0 Å². The number of halogens is 2. The van der Waals surface area contributed by atoms with E-state index >= 15 is 4.39 Å². The van der Waals surface area contributed by atoms with E-state index in [0.29, 0.717) is 17.4 Å². The van der Waals surface area contributed by atoms with Crippen molar-refractivity contribution in [1.29, 1.82) is 5.26 Å². The van der Waals surface area contributed by atoms with Gasteiger partial charge in [-0.05, 0) is 77.8 Å². The molecular weight excluding hydrogens is 364 g/mol. The third kappa shape index (κ3) is 3.90. The Kier molecular flexibility index (Phi) is 5.62. The third-order valence-corrected chi connectivity index (χ3v) is 6.20. The maximum absolute atomic E-state index is 15.3. The molecule has 0 saturated heterocycles. The molecule has 29 heavy (non-hydrogen) atoms. The molecule has 3 heteroatoms. The van der Waals surface area contributed by atoms with Crippen LogP contribution in [0.4, 0.5) is 8.78 Å². The molecule has 4 rings (SSSR count). The van der Waals surface area contributed by atoms with Gasteiger partial charge in [-0.1, -0.05) is 50.1 Å². The summed E-state index contributed by atoms with van der Waals surface area (Å²) in [7, 11) is 0. The molecule has 1 aliphatic rings. The van der Waals surface area contributed by atoms with Gasteiger partial charge in [0.05, 0.1) is 5.56 Å². The maximum atomic E-state index is 15.3. The van der Waals surface area contributed by atoms with Gasteiger partial charge < -0.3 is 0 Å². The van der Waals surface area contributed by atoms with Crippen LogP contribution < -0.4 is 0 Å². The zero-order valence-electron chi connectivity index (χ0n) is 16.8. The van der Waals surface area contributed by atoms with E-state index in [1.807, 2.05) is 30.3 Å². The maximum Gasteiger partial charge on any atom is 0.141 e. The van der Waals surface area contributed by atoms with Crippen LogP contribution in [0.25, 0.3) is 10.8 Å². The lowest BCUT2D eigenvalue weighted by Gasteiger charge is -2.26. The number of unbranched alkanes of at least 4 members (excludes halogenated alkanes) is 2. The molecule has 1 nitrogen and oxygen atoms in total. The van der Waals surface area contributed by atoms with Gasteiger partial charge in [-0.25, -0.2) is 8.78 Å². The molecule has 0 heterocycles. The van der Waals surface area contributed by atoms with Crippen molar-refractivity contribution < 1.29 is 8.78 Å². The van der Waals surface area contributed by atoms with E-state index in [4.69, 9.17) is 5.26 Å². The average Bonchev–Trinajstić information content (AvgIpc) is 2.73. The van der Waals surface area contributed by atoms with Crippen molar-refractivity contribution in [3.8, 4) is 6.07 Å². The van der Waals surface area contributed by atoms with E-state index < -0.39 is 5.82 Å². The first-order chi connectivity index (χ1) is 14.1. The highest BCUT2D eigenvalue weighted by atomic mass is 19.1. The van der Waals surface area contributed by atoms with Gasteiger partial charge in [0.1, 0.15) is 17.7 Å². The van der Waals surface area contributed by atoms with E-state index in [1.165, 1.54) is 24.5 Å². The number of hydrogen-bond donors (Lipinski definition) is 0. The summed E-state index contributed by atoms with van der Waals surface area (Å²) >= 11 is 0. The first-order valence-electron chi connectivity index (χ1n) is 10.5. The molecule has 0 aliphatic heterocycles. The molecule has 1 aliphatic carbocycles. The highest BCUT2D eigenvalue weighted by Gasteiger charge is 2.24. The van der Waals surface area contributed by atoms with E-state index in [1.54, 1.807) is 6.07 Å². The molecule has 1 atom stereocenters. The number of aryl methyl sites for hydroxylation is 2. The van der Waals surface area contributed by atoms with Crippen molar-refractivity contribution in [3.05, 3.63) is 81.9 Å². The summed E-state index contributed by atoms with van der Waals surface area (Å²) in [4.78, 5) is 0. The van der Waals surface area contributed by atoms with Crippen molar-refractivity contribution in [1.82, 2.24) is 0 Å². The first-order valence-corrected chi connectivity index (χ1v) is 10.5. The van der Waals surface area contributed by atoms with Crippen LogP contribution in [0.5, 0.6) is 0 Å². The van der Waals surface area contributed by atoms with Crippen LogP contribution in [0.1, 0.15) is 66.3 Å². The molecule has 0 bridgehead atoms. The van der Waals surface area contributed by atoms with Crippen LogP contribution in [-0.4, -0.2) is 0 Å². The summed E-state index contributed by atoms with van der Waals surface area (Å²) in [5, 5.41) is 10.6. The normalized spacial score (nSPS) is 15.9. The number of nitriles is 1. The molecule has 3 aromatic carbocycles. The molecule has 0 radical (unpaired) electrons. The number of rotatable bonds is 5. The zero-order chi connectivity index (χ0) is 20.4. The Morgan fingerprint density at radius 3 is 2.69 bits per heavy atom. The fraction of sp³-hybridized carbons (Fsp3) is 0.346. The minimum atomic E-state index is -0.485. The molecule has 0 fully saturated rings. The second kappa shape index (κ2) is 8.33. The highest BCUT2D eigenvalue weighted by molar-refractivity contribution is 5.84. The first kappa shape index (κ1) is 19.6. The Morgan fingerprint density at radius 2 is 1.90 bits per heavy atom. The second-order valence-corrected chi connectivity index (χ2v) is 8.13. The van der Waals surface area contributed by atoms with Crippen LogP contribution in [-0.2, 0) is 19.3 Å².